The number of benzene rings is 1. The standard InChI is InChI=1S/C28H42O8/c1-17-15-16-23(33-5)22(32-4)14-10-13-21(20-11-8-7-9-12-20)35-27(30)19(3)28(31)26(34-6)24(29)18(2)25(17)36-28/h7-9,11-12,15-19,21-26,29,31H,10,13-14H2,1-6H3/b16-15-/t17-,18-,19+,21+,22-,23+,24-,25-,26+,28+/m0/s1. The summed E-state index contributed by atoms with van der Waals surface area (Å²) in [5, 5.41) is 22.8. The zero-order valence-corrected chi connectivity index (χ0v) is 22.2. The van der Waals surface area contributed by atoms with Crippen LogP contribution in [-0.4, -0.2) is 73.8 Å². The van der Waals surface area contributed by atoms with Crippen LogP contribution in [0.4, 0.5) is 0 Å². The van der Waals surface area contributed by atoms with Gasteiger partial charge in [0.05, 0.1) is 18.3 Å². The average Bonchev–Trinajstić information content (AvgIpc) is 2.88. The lowest BCUT2D eigenvalue weighted by molar-refractivity contribution is -0.360. The number of methoxy groups -OCH3 is 3. The zero-order valence-electron chi connectivity index (χ0n) is 22.2. The molecule has 36 heavy (non-hydrogen) atoms. The molecule has 0 saturated carbocycles. The first-order valence-electron chi connectivity index (χ1n) is 12.8. The number of aliphatic hydroxyl groups is 2. The molecule has 202 valence electrons. The Morgan fingerprint density at radius 1 is 0.972 bits per heavy atom. The van der Waals surface area contributed by atoms with E-state index in [0.29, 0.717) is 12.8 Å². The Balaban J connectivity index is 2.03. The first kappa shape index (κ1) is 28.8. The largest absolute Gasteiger partial charge is 0.457 e. The maximum absolute atomic E-state index is 13.4. The topological polar surface area (TPSA) is 104 Å². The van der Waals surface area contributed by atoms with Crippen molar-refractivity contribution in [3.05, 3.63) is 48.0 Å². The number of fused-ring (bicyclic) bond motifs is 2. The van der Waals surface area contributed by atoms with Crippen LogP contribution in [0.25, 0.3) is 0 Å². The summed E-state index contributed by atoms with van der Waals surface area (Å²) in [6, 6.07) is 9.53. The van der Waals surface area contributed by atoms with Crippen molar-refractivity contribution in [3.8, 4) is 0 Å². The predicted octanol–water partition coefficient (Wildman–Crippen LogP) is 3.41. The summed E-state index contributed by atoms with van der Waals surface area (Å²) in [6.07, 6.45) is 2.11. The fourth-order valence-electron chi connectivity index (χ4n) is 5.39. The van der Waals surface area contributed by atoms with Gasteiger partial charge in [0.25, 0.3) is 0 Å². The second-order valence-corrected chi connectivity index (χ2v) is 10.0. The summed E-state index contributed by atoms with van der Waals surface area (Å²) in [4.78, 5) is 13.4. The minimum absolute atomic E-state index is 0.195. The van der Waals surface area contributed by atoms with Crippen LogP contribution in [0.1, 0.15) is 51.7 Å². The van der Waals surface area contributed by atoms with E-state index in [1.165, 1.54) is 7.11 Å². The highest BCUT2D eigenvalue weighted by Gasteiger charge is 2.58. The molecule has 1 aromatic rings. The first-order valence-corrected chi connectivity index (χ1v) is 12.8. The highest BCUT2D eigenvalue weighted by molar-refractivity contribution is 5.73. The molecule has 2 aliphatic rings. The predicted molar refractivity (Wildman–Crippen MR) is 134 cm³/mol. The van der Waals surface area contributed by atoms with E-state index in [2.05, 4.69) is 0 Å². The van der Waals surface area contributed by atoms with Crippen LogP contribution in [-0.2, 0) is 28.5 Å². The summed E-state index contributed by atoms with van der Waals surface area (Å²) in [7, 11) is 4.69. The molecular formula is C28H42O8. The Kier molecular flexibility index (Phi) is 10.1. The third-order valence-electron chi connectivity index (χ3n) is 7.78. The number of cyclic esters (lactones) is 1. The van der Waals surface area contributed by atoms with Crippen LogP contribution in [0.2, 0.25) is 0 Å². The smallest absolute Gasteiger partial charge is 0.314 e. The number of aliphatic hydroxyl groups excluding tert-OH is 1. The Hall–Kier alpha value is -1.81. The number of rotatable bonds is 4. The fraction of sp³-hybridized carbons (Fsp3) is 0.679. The minimum atomic E-state index is -2.08. The van der Waals surface area contributed by atoms with Gasteiger partial charge in [-0.1, -0.05) is 56.3 Å². The number of hydrogen-bond donors (Lipinski definition) is 2. The van der Waals surface area contributed by atoms with Gasteiger partial charge < -0.3 is 33.9 Å². The van der Waals surface area contributed by atoms with Crippen molar-refractivity contribution in [2.45, 2.75) is 82.4 Å². The van der Waals surface area contributed by atoms with E-state index in [9.17, 15) is 15.0 Å². The number of ether oxygens (including phenoxy) is 5. The lowest BCUT2D eigenvalue weighted by Gasteiger charge is -2.51. The van der Waals surface area contributed by atoms with Crippen molar-refractivity contribution in [2.24, 2.45) is 17.8 Å². The minimum Gasteiger partial charge on any atom is -0.457 e. The highest BCUT2D eigenvalue weighted by atomic mass is 16.7. The van der Waals surface area contributed by atoms with Crippen LogP contribution in [0.3, 0.4) is 0 Å². The monoisotopic (exact) mass is 506 g/mol. The van der Waals surface area contributed by atoms with Gasteiger partial charge in [-0.3, -0.25) is 4.79 Å². The van der Waals surface area contributed by atoms with Crippen LogP contribution < -0.4 is 0 Å². The van der Waals surface area contributed by atoms with Gasteiger partial charge in [0.1, 0.15) is 24.2 Å². The molecular weight excluding hydrogens is 464 g/mol. The lowest BCUT2D eigenvalue weighted by Crippen LogP contribution is -2.66. The summed E-state index contributed by atoms with van der Waals surface area (Å²) >= 11 is 0. The zero-order chi connectivity index (χ0) is 26.5. The quantitative estimate of drug-likeness (QED) is 0.473. The summed E-state index contributed by atoms with van der Waals surface area (Å²) < 4.78 is 29.2. The molecule has 0 unspecified atom stereocenters. The number of carbonyl (C=O) groups is 1. The van der Waals surface area contributed by atoms with Gasteiger partial charge in [0, 0.05) is 33.2 Å². The van der Waals surface area contributed by atoms with E-state index in [-0.39, 0.29) is 24.0 Å². The fourth-order valence-corrected chi connectivity index (χ4v) is 5.39. The second-order valence-electron chi connectivity index (χ2n) is 10.0. The first-order chi connectivity index (χ1) is 17.2. The van der Waals surface area contributed by atoms with E-state index < -0.39 is 42.1 Å². The second kappa shape index (κ2) is 12.6. The van der Waals surface area contributed by atoms with Gasteiger partial charge in [-0.2, -0.15) is 0 Å². The molecule has 2 N–H and O–H groups in total. The van der Waals surface area contributed by atoms with E-state index in [1.807, 2.05) is 56.3 Å². The Labute approximate surface area is 214 Å². The molecule has 8 heteroatoms. The van der Waals surface area contributed by atoms with Crippen LogP contribution in [0, 0.1) is 17.8 Å². The summed E-state index contributed by atoms with van der Waals surface area (Å²) in [5.74, 6) is -4.39. The molecule has 2 bridgehead atoms. The average molecular weight is 507 g/mol. The van der Waals surface area contributed by atoms with Crippen LogP contribution in [0.5, 0.6) is 0 Å². The third-order valence-corrected chi connectivity index (χ3v) is 7.78. The molecule has 0 aliphatic carbocycles. The van der Waals surface area contributed by atoms with Gasteiger partial charge in [-0.25, -0.2) is 0 Å². The molecule has 0 radical (unpaired) electrons. The summed E-state index contributed by atoms with van der Waals surface area (Å²) in [5.41, 5.74) is 0.861. The van der Waals surface area contributed by atoms with Crippen LogP contribution in [0.15, 0.2) is 42.5 Å². The maximum atomic E-state index is 13.4. The van der Waals surface area contributed by atoms with E-state index in [4.69, 9.17) is 23.7 Å². The summed E-state index contributed by atoms with van der Waals surface area (Å²) in [6.45, 7) is 5.34. The molecule has 0 amide bonds. The molecule has 0 spiro atoms. The van der Waals surface area contributed by atoms with E-state index >= 15 is 0 Å². The lowest BCUT2D eigenvalue weighted by atomic mass is 9.78. The van der Waals surface area contributed by atoms with Crippen molar-refractivity contribution >= 4 is 5.97 Å². The van der Waals surface area contributed by atoms with Crippen molar-refractivity contribution in [1.82, 2.24) is 0 Å². The molecule has 10 atom stereocenters. The molecule has 8 nitrogen and oxygen atoms in total. The number of carbonyl (C=O) groups excluding carboxylic acids is 1. The van der Waals surface area contributed by atoms with Crippen molar-refractivity contribution in [3.63, 3.8) is 0 Å². The molecule has 0 aromatic heterocycles. The van der Waals surface area contributed by atoms with Gasteiger partial charge >= 0.3 is 5.97 Å². The van der Waals surface area contributed by atoms with Gasteiger partial charge in [-0.05, 0) is 31.7 Å². The Bertz CT molecular complexity index is 860. The van der Waals surface area contributed by atoms with Gasteiger partial charge in [-0.15, -0.1) is 0 Å². The molecule has 3 rings (SSSR count). The molecule has 1 aromatic carbocycles. The highest BCUT2D eigenvalue weighted by Crippen LogP contribution is 2.42. The number of hydrogen-bond acceptors (Lipinski definition) is 8. The van der Waals surface area contributed by atoms with Crippen LogP contribution >= 0.6 is 0 Å². The SMILES string of the molecule is CO[C@H]1CCC[C@H](c2ccccc2)OC(=O)[C@@H](C)[C@@]2(O)O[C@H]([C@@H](C)[C@H](O)[C@H]2OC)[C@@H](C)/C=C\[C@H]1OC. The molecule has 1 fully saturated rings. The molecule has 2 heterocycles. The van der Waals surface area contributed by atoms with Crippen molar-refractivity contribution < 1.29 is 38.7 Å². The van der Waals surface area contributed by atoms with E-state index in [1.54, 1.807) is 21.1 Å². The van der Waals surface area contributed by atoms with Crippen molar-refractivity contribution in [1.29, 1.82) is 0 Å². The third kappa shape index (κ3) is 6.01. The van der Waals surface area contributed by atoms with Gasteiger partial charge in [0.15, 0.2) is 0 Å². The van der Waals surface area contributed by atoms with Crippen molar-refractivity contribution in [2.75, 3.05) is 21.3 Å². The molecule has 1 saturated heterocycles. The Morgan fingerprint density at radius 2 is 1.67 bits per heavy atom. The normalized spacial score (nSPS) is 41.6. The van der Waals surface area contributed by atoms with Gasteiger partial charge in [0.2, 0.25) is 5.79 Å². The molecule has 2 aliphatic heterocycles. The Morgan fingerprint density at radius 3 is 2.28 bits per heavy atom. The maximum Gasteiger partial charge on any atom is 0.314 e. The van der Waals surface area contributed by atoms with E-state index in [0.717, 1.165) is 12.0 Å². The number of esters is 1.